The van der Waals surface area contributed by atoms with Crippen LogP contribution >= 0.6 is 0 Å². The fourth-order valence-corrected chi connectivity index (χ4v) is 4.15. The summed E-state index contributed by atoms with van der Waals surface area (Å²) < 4.78 is 5.26. The maximum atomic E-state index is 12.3. The molecule has 0 bridgehead atoms. The molecular weight excluding hydrogens is 274 g/mol. The Morgan fingerprint density at radius 2 is 1.77 bits per heavy atom. The van der Waals surface area contributed by atoms with Gasteiger partial charge in [0.1, 0.15) is 5.75 Å². The second-order valence-electron chi connectivity index (χ2n) is 6.92. The van der Waals surface area contributed by atoms with Crippen molar-refractivity contribution in [1.82, 2.24) is 5.32 Å². The number of amides is 1. The Morgan fingerprint density at radius 3 is 2.36 bits per heavy atom. The van der Waals surface area contributed by atoms with Crippen molar-refractivity contribution >= 4 is 5.91 Å². The van der Waals surface area contributed by atoms with E-state index in [4.69, 9.17) is 4.74 Å². The van der Waals surface area contributed by atoms with Gasteiger partial charge in [-0.15, -0.1) is 0 Å². The second-order valence-corrected chi connectivity index (χ2v) is 6.92. The number of rotatable bonds is 5. The molecule has 3 heteroatoms. The van der Waals surface area contributed by atoms with Gasteiger partial charge in [0.15, 0.2) is 0 Å². The van der Waals surface area contributed by atoms with Crippen LogP contribution in [0, 0.1) is 5.92 Å². The summed E-state index contributed by atoms with van der Waals surface area (Å²) in [6, 6.07) is 8.42. The van der Waals surface area contributed by atoms with Crippen molar-refractivity contribution < 1.29 is 9.53 Å². The highest BCUT2D eigenvalue weighted by molar-refractivity contribution is 5.79. The van der Waals surface area contributed by atoms with Crippen LogP contribution in [0.4, 0.5) is 0 Å². The number of carbonyl (C=O) groups is 1. The zero-order valence-electron chi connectivity index (χ0n) is 13.6. The first-order valence-corrected chi connectivity index (χ1v) is 8.66. The third-order valence-electron chi connectivity index (χ3n) is 5.59. The number of ether oxygens (including phenoxy) is 1. The molecule has 0 unspecified atom stereocenters. The quantitative estimate of drug-likeness (QED) is 0.898. The molecule has 2 aliphatic carbocycles. The lowest BCUT2D eigenvalue weighted by atomic mass is 9.78. The van der Waals surface area contributed by atoms with Crippen LogP contribution < -0.4 is 10.1 Å². The minimum atomic E-state index is 0.126. The van der Waals surface area contributed by atoms with Gasteiger partial charge in [-0.3, -0.25) is 4.79 Å². The summed E-state index contributed by atoms with van der Waals surface area (Å²) in [6.07, 6.45) is 9.41. The maximum absolute atomic E-state index is 12.3. The first-order chi connectivity index (χ1) is 10.7. The highest BCUT2D eigenvalue weighted by Crippen LogP contribution is 2.41. The number of nitrogens with one attached hydrogen (secondary N) is 1. The molecule has 2 saturated carbocycles. The molecule has 1 aromatic rings. The smallest absolute Gasteiger partial charge is 0.223 e. The molecule has 1 aromatic carbocycles. The van der Waals surface area contributed by atoms with Crippen LogP contribution in [0.3, 0.4) is 0 Å². The third-order valence-corrected chi connectivity index (χ3v) is 5.59. The third kappa shape index (κ3) is 3.13. The molecule has 22 heavy (non-hydrogen) atoms. The molecular formula is C19H27NO2. The molecule has 2 aliphatic rings. The van der Waals surface area contributed by atoms with Gasteiger partial charge in [-0.2, -0.15) is 0 Å². The largest absolute Gasteiger partial charge is 0.497 e. The lowest BCUT2D eigenvalue weighted by Crippen LogP contribution is -2.41. The van der Waals surface area contributed by atoms with E-state index < -0.39 is 0 Å². The van der Waals surface area contributed by atoms with E-state index >= 15 is 0 Å². The SMILES string of the molecule is COc1ccc(C2(CNC(=O)C3CCCC3)CCCC2)cc1. The molecule has 2 fully saturated rings. The molecule has 0 heterocycles. The monoisotopic (exact) mass is 301 g/mol. The molecule has 0 aliphatic heterocycles. The Balaban J connectivity index is 1.69. The van der Waals surface area contributed by atoms with E-state index in [0.717, 1.165) is 25.1 Å². The minimum Gasteiger partial charge on any atom is -0.497 e. The van der Waals surface area contributed by atoms with E-state index in [9.17, 15) is 4.79 Å². The molecule has 1 amide bonds. The average Bonchev–Trinajstić information content (AvgIpc) is 3.25. The topological polar surface area (TPSA) is 38.3 Å². The van der Waals surface area contributed by atoms with Gasteiger partial charge in [-0.25, -0.2) is 0 Å². The number of hydrogen-bond acceptors (Lipinski definition) is 2. The van der Waals surface area contributed by atoms with E-state index in [0.29, 0.717) is 0 Å². The fraction of sp³-hybridized carbons (Fsp3) is 0.632. The van der Waals surface area contributed by atoms with Gasteiger partial charge in [0.25, 0.3) is 0 Å². The fourth-order valence-electron chi connectivity index (χ4n) is 4.15. The van der Waals surface area contributed by atoms with Crippen LogP contribution in [0.5, 0.6) is 5.75 Å². The van der Waals surface area contributed by atoms with Crippen molar-refractivity contribution in [3.63, 3.8) is 0 Å². The normalized spacial score (nSPS) is 21.0. The van der Waals surface area contributed by atoms with Gasteiger partial charge in [-0.05, 0) is 43.4 Å². The highest BCUT2D eigenvalue weighted by atomic mass is 16.5. The summed E-state index contributed by atoms with van der Waals surface area (Å²) in [5.74, 6) is 1.43. The van der Waals surface area contributed by atoms with Gasteiger partial charge >= 0.3 is 0 Å². The van der Waals surface area contributed by atoms with Gasteiger partial charge in [0.05, 0.1) is 7.11 Å². The Kier molecular flexibility index (Phi) is 4.70. The van der Waals surface area contributed by atoms with E-state index in [1.54, 1.807) is 7.11 Å². The van der Waals surface area contributed by atoms with Crippen LogP contribution in [0.1, 0.15) is 56.9 Å². The zero-order valence-corrected chi connectivity index (χ0v) is 13.6. The molecule has 3 rings (SSSR count). The summed E-state index contributed by atoms with van der Waals surface area (Å²) >= 11 is 0. The zero-order chi connectivity index (χ0) is 15.4. The Hall–Kier alpha value is -1.51. The molecule has 0 aromatic heterocycles. The first kappa shape index (κ1) is 15.4. The Morgan fingerprint density at radius 1 is 1.14 bits per heavy atom. The van der Waals surface area contributed by atoms with E-state index in [2.05, 4.69) is 17.4 Å². The van der Waals surface area contributed by atoms with Crippen molar-refractivity contribution in [2.45, 2.75) is 56.8 Å². The minimum absolute atomic E-state index is 0.126. The number of carbonyl (C=O) groups excluding carboxylic acids is 1. The lowest BCUT2D eigenvalue weighted by molar-refractivity contribution is -0.125. The van der Waals surface area contributed by atoms with Crippen LogP contribution in [0.25, 0.3) is 0 Å². The van der Waals surface area contributed by atoms with E-state index in [1.807, 2.05) is 12.1 Å². The summed E-state index contributed by atoms with van der Waals surface area (Å²) in [5.41, 5.74) is 1.47. The predicted octanol–water partition coefficient (Wildman–Crippen LogP) is 3.81. The van der Waals surface area contributed by atoms with Crippen LogP contribution in [0.2, 0.25) is 0 Å². The average molecular weight is 301 g/mol. The van der Waals surface area contributed by atoms with Crippen LogP contribution in [-0.2, 0) is 10.2 Å². The predicted molar refractivity (Wildman–Crippen MR) is 88.1 cm³/mol. The van der Waals surface area contributed by atoms with Crippen molar-refractivity contribution in [2.24, 2.45) is 5.92 Å². The Labute approximate surface area is 133 Å². The van der Waals surface area contributed by atoms with Crippen molar-refractivity contribution in [3.8, 4) is 5.75 Å². The molecule has 0 radical (unpaired) electrons. The van der Waals surface area contributed by atoms with Crippen molar-refractivity contribution in [1.29, 1.82) is 0 Å². The molecule has 120 valence electrons. The molecule has 0 saturated heterocycles. The van der Waals surface area contributed by atoms with Crippen molar-refractivity contribution in [3.05, 3.63) is 29.8 Å². The summed E-state index contributed by atoms with van der Waals surface area (Å²) in [4.78, 5) is 12.3. The number of hydrogen-bond donors (Lipinski definition) is 1. The number of benzene rings is 1. The van der Waals surface area contributed by atoms with Gasteiger partial charge in [-0.1, -0.05) is 37.8 Å². The molecule has 1 N–H and O–H groups in total. The summed E-state index contributed by atoms with van der Waals surface area (Å²) in [5, 5.41) is 3.26. The molecule has 0 atom stereocenters. The van der Waals surface area contributed by atoms with Crippen LogP contribution in [0.15, 0.2) is 24.3 Å². The summed E-state index contributed by atoms with van der Waals surface area (Å²) in [7, 11) is 1.70. The standard InChI is InChI=1S/C19H27NO2/c1-22-17-10-8-16(9-11-17)19(12-4-5-13-19)14-20-18(21)15-6-2-3-7-15/h8-11,15H,2-7,12-14H2,1H3,(H,20,21). The van der Waals surface area contributed by atoms with Crippen molar-refractivity contribution in [2.75, 3.05) is 13.7 Å². The first-order valence-electron chi connectivity index (χ1n) is 8.66. The molecule has 3 nitrogen and oxygen atoms in total. The van der Waals surface area contributed by atoms with Crippen LogP contribution in [-0.4, -0.2) is 19.6 Å². The highest BCUT2D eigenvalue weighted by Gasteiger charge is 2.36. The van der Waals surface area contributed by atoms with E-state index in [1.165, 1.54) is 44.1 Å². The second kappa shape index (κ2) is 6.72. The Bertz CT molecular complexity index is 497. The van der Waals surface area contributed by atoms with Gasteiger partial charge < -0.3 is 10.1 Å². The molecule has 0 spiro atoms. The maximum Gasteiger partial charge on any atom is 0.223 e. The van der Waals surface area contributed by atoms with Gasteiger partial charge in [0.2, 0.25) is 5.91 Å². The van der Waals surface area contributed by atoms with Gasteiger partial charge in [0, 0.05) is 17.9 Å². The summed E-state index contributed by atoms with van der Waals surface area (Å²) in [6.45, 7) is 0.786. The van der Waals surface area contributed by atoms with E-state index in [-0.39, 0.29) is 17.2 Å². The number of methoxy groups -OCH3 is 1. The lowest BCUT2D eigenvalue weighted by Gasteiger charge is -2.30.